The molecule has 1 amide bonds. The Balaban J connectivity index is 1.24. The summed E-state index contributed by atoms with van der Waals surface area (Å²) in [7, 11) is -5.70. The molecule has 34 heavy (non-hydrogen) atoms. The van der Waals surface area contributed by atoms with Gasteiger partial charge in [0.15, 0.2) is 0 Å². The Labute approximate surface area is 195 Å². The molecular formula is C23H24F3N3O4S. The van der Waals surface area contributed by atoms with Crippen molar-refractivity contribution in [3.63, 3.8) is 0 Å². The van der Waals surface area contributed by atoms with Gasteiger partial charge < -0.3 is 14.5 Å². The number of para-hydroxylation sites is 1. The summed E-state index contributed by atoms with van der Waals surface area (Å²) >= 11 is 0. The highest BCUT2D eigenvalue weighted by molar-refractivity contribution is 7.88. The van der Waals surface area contributed by atoms with Crippen LogP contribution in [-0.2, 0) is 23.1 Å². The highest BCUT2D eigenvalue weighted by Gasteiger charge is 2.48. The zero-order valence-corrected chi connectivity index (χ0v) is 19.0. The maximum atomic E-state index is 12.6. The molecule has 1 aromatic heterocycles. The third kappa shape index (κ3) is 5.53. The average molecular weight is 496 g/mol. The Hall–Kier alpha value is -3.05. The highest BCUT2D eigenvalue weighted by atomic mass is 32.2. The first kappa shape index (κ1) is 24.1. The fourth-order valence-electron chi connectivity index (χ4n) is 3.96. The van der Waals surface area contributed by atoms with Crippen molar-refractivity contribution in [2.45, 2.75) is 31.3 Å². The number of benzene rings is 2. The van der Waals surface area contributed by atoms with E-state index in [-0.39, 0.29) is 11.7 Å². The number of hydrogen-bond acceptors (Lipinski definition) is 5. The van der Waals surface area contributed by atoms with Crippen LogP contribution in [0.25, 0.3) is 10.9 Å². The molecule has 0 fully saturated rings. The normalized spacial score (nSPS) is 14.7. The smallest absolute Gasteiger partial charge is 0.376 e. The number of H-pyrrole nitrogens is 1. The lowest BCUT2D eigenvalue weighted by molar-refractivity contribution is -0.0500. The number of aromatic amines is 1. The van der Waals surface area contributed by atoms with E-state index in [9.17, 15) is 26.4 Å². The number of nitrogens with one attached hydrogen (secondary N) is 2. The lowest BCUT2D eigenvalue weighted by Crippen LogP contribution is -2.32. The monoisotopic (exact) mass is 495 g/mol. The summed E-state index contributed by atoms with van der Waals surface area (Å²) in [5, 5.41) is 3.88. The summed E-state index contributed by atoms with van der Waals surface area (Å²) in [6.07, 6.45) is 2.29. The van der Waals surface area contributed by atoms with Crippen molar-refractivity contribution >= 4 is 26.9 Å². The molecule has 0 atom stereocenters. The Bertz CT molecular complexity index is 1260. The van der Waals surface area contributed by atoms with Gasteiger partial charge in [0.1, 0.15) is 11.4 Å². The van der Waals surface area contributed by atoms with Gasteiger partial charge in [-0.1, -0.05) is 24.3 Å². The predicted molar refractivity (Wildman–Crippen MR) is 121 cm³/mol. The van der Waals surface area contributed by atoms with E-state index in [0.29, 0.717) is 25.2 Å². The molecule has 0 unspecified atom stereocenters. The van der Waals surface area contributed by atoms with Crippen LogP contribution in [0.2, 0.25) is 0 Å². The van der Waals surface area contributed by atoms with Gasteiger partial charge >= 0.3 is 15.6 Å². The van der Waals surface area contributed by atoms with E-state index in [1.54, 1.807) is 6.07 Å². The molecule has 1 aliphatic rings. The Morgan fingerprint density at radius 2 is 1.88 bits per heavy atom. The summed E-state index contributed by atoms with van der Waals surface area (Å²) < 4.78 is 64.5. The van der Waals surface area contributed by atoms with Crippen LogP contribution in [0.4, 0.5) is 13.2 Å². The largest absolute Gasteiger partial charge is 0.534 e. The molecule has 0 saturated carbocycles. The average Bonchev–Trinajstić information content (AvgIpc) is 3.22. The summed E-state index contributed by atoms with van der Waals surface area (Å²) in [6.45, 7) is 2.54. The Kier molecular flexibility index (Phi) is 6.85. The second-order valence-electron chi connectivity index (χ2n) is 8.17. The topological polar surface area (TPSA) is 91.5 Å². The molecule has 2 aromatic carbocycles. The minimum absolute atomic E-state index is 0.163. The van der Waals surface area contributed by atoms with Crippen LogP contribution < -0.4 is 9.50 Å². The van der Waals surface area contributed by atoms with Gasteiger partial charge in [0, 0.05) is 30.5 Å². The molecule has 0 bridgehead atoms. The third-order valence-corrected chi connectivity index (χ3v) is 6.70. The third-order valence-electron chi connectivity index (χ3n) is 5.72. The fraction of sp³-hybridized carbons (Fsp3) is 0.348. The molecule has 0 spiro atoms. The van der Waals surface area contributed by atoms with Crippen molar-refractivity contribution < 1.29 is 30.6 Å². The van der Waals surface area contributed by atoms with Crippen LogP contribution in [0.15, 0.2) is 48.5 Å². The number of nitrogens with zero attached hydrogens (tertiary/aromatic N) is 1. The maximum absolute atomic E-state index is 12.6. The molecule has 0 radical (unpaired) electrons. The van der Waals surface area contributed by atoms with E-state index < -0.39 is 15.6 Å². The first-order chi connectivity index (χ1) is 16.1. The van der Waals surface area contributed by atoms with E-state index in [1.807, 2.05) is 30.3 Å². The number of amides is 1. The minimum atomic E-state index is -5.70. The quantitative estimate of drug-likeness (QED) is 0.280. The molecule has 3 aromatic rings. The van der Waals surface area contributed by atoms with Crippen LogP contribution in [0.1, 0.15) is 34.5 Å². The van der Waals surface area contributed by atoms with Gasteiger partial charge in [-0.3, -0.25) is 9.69 Å². The van der Waals surface area contributed by atoms with Crippen molar-refractivity contribution in [1.82, 2.24) is 15.2 Å². The molecule has 2 N–H and O–H groups in total. The molecule has 1 aliphatic heterocycles. The van der Waals surface area contributed by atoms with Crippen molar-refractivity contribution in [1.29, 1.82) is 0 Å². The number of carbonyl (C=O) groups is 1. The number of fused-ring (bicyclic) bond motifs is 2. The molecule has 2 heterocycles. The van der Waals surface area contributed by atoms with Crippen LogP contribution in [-0.4, -0.2) is 49.4 Å². The van der Waals surface area contributed by atoms with Crippen LogP contribution >= 0.6 is 0 Å². The van der Waals surface area contributed by atoms with Gasteiger partial charge in [-0.25, -0.2) is 0 Å². The maximum Gasteiger partial charge on any atom is 0.534 e. The number of hydrogen-bond donors (Lipinski definition) is 2. The summed E-state index contributed by atoms with van der Waals surface area (Å²) in [5.74, 6) is -0.512. The van der Waals surface area contributed by atoms with Gasteiger partial charge in [0.05, 0.1) is 0 Å². The zero-order valence-electron chi connectivity index (χ0n) is 18.2. The molecule has 4 rings (SSSR count). The van der Waals surface area contributed by atoms with Crippen LogP contribution in [0, 0.1) is 0 Å². The van der Waals surface area contributed by atoms with Crippen LogP contribution in [0.5, 0.6) is 5.75 Å². The molecular weight excluding hydrogens is 471 g/mol. The molecule has 0 saturated heterocycles. The SMILES string of the molecule is O=C(NCCCCN1CCc2ccc(OS(=O)(=O)C(F)(F)F)cc2C1)c1cc2ccccc2[nH]1. The molecule has 0 aliphatic carbocycles. The molecule has 11 heteroatoms. The number of alkyl halides is 3. The number of rotatable bonds is 8. The summed E-state index contributed by atoms with van der Waals surface area (Å²) in [6, 6.07) is 13.7. The second kappa shape index (κ2) is 9.67. The van der Waals surface area contributed by atoms with E-state index >= 15 is 0 Å². The Morgan fingerprint density at radius 3 is 2.65 bits per heavy atom. The van der Waals surface area contributed by atoms with E-state index in [2.05, 4.69) is 19.4 Å². The van der Waals surface area contributed by atoms with E-state index in [0.717, 1.165) is 48.0 Å². The summed E-state index contributed by atoms with van der Waals surface area (Å²) in [4.78, 5) is 17.6. The van der Waals surface area contributed by atoms with Gasteiger partial charge in [-0.15, -0.1) is 0 Å². The summed E-state index contributed by atoms with van der Waals surface area (Å²) in [5.41, 5.74) is -2.35. The van der Waals surface area contributed by atoms with Gasteiger partial charge in [0.25, 0.3) is 5.91 Å². The van der Waals surface area contributed by atoms with Crippen molar-refractivity contribution in [2.75, 3.05) is 19.6 Å². The van der Waals surface area contributed by atoms with Crippen molar-refractivity contribution in [3.8, 4) is 5.75 Å². The number of aromatic nitrogens is 1. The lowest BCUT2D eigenvalue weighted by atomic mass is 9.99. The minimum Gasteiger partial charge on any atom is -0.376 e. The molecule has 182 valence electrons. The van der Waals surface area contributed by atoms with Gasteiger partial charge in [-0.2, -0.15) is 21.6 Å². The van der Waals surface area contributed by atoms with E-state index in [1.165, 1.54) is 12.1 Å². The van der Waals surface area contributed by atoms with Crippen LogP contribution in [0.3, 0.4) is 0 Å². The standard InChI is InChI=1S/C23H24F3N3O4S/c24-23(25,26)34(31,32)33-19-8-7-16-9-12-29(15-18(16)13-19)11-4-3-10-27-22(30)21-14-17-5-1-2-6-20(17)28-21/h1-2,5-8,13-14,28H,3-4,9-12,15H2,(H,27,30). The van der Waals surface area contributed by atoms with Gasteiger partial charge in [0.2, 0.25) is 0 Å². The highest BCUT2D eigenvalue weighted by Crippen LogP contribution is 2.29. The van der Waals surface area contributed by atoms with E-state index in [4.69, 9.17) is 0 Å². The number of carbonyl (C=O) groups excluding carboxylic acids is 1. The number of unbranched alkanes of at least 4 members (excludes halogenated alkanes) is 1. The van der Waals surface area contributed by atoms with Crippen molar-refractivity contribution in [2.24, 2.45) is 0 Å². The first-order valence-corrected chi connectivity index (χ1v) is 12.2. The second-order valence-corrected chi connectivity index (χ2v) is 9.71. The Morgan fingerprint density at radius 1 is 1.09 bits per heavy atom. The number of halogens is 3. The van der Waals surface area contributed by atoms with Gasteiger partial charge in [-0.05, 0) is 61.2 Å². The predicted octanol–water partition coefficient (Wildman–Crippen LogP) is 3.96. The lowest BCUT2D eigenvalue weighted by Gasteiger charge is -2.29. The fourth-order valence-corrected chi connectivity index (χ4v) is 4.41. The zero-order chi connectivity index (χ0) is 24.3. The molecule has 7 nitrogen and oxygen atoms in total. The van der Waals surface area contributed by atoms with Crippen molar-refractivity contribution in [3.05, 3.63) is 65.4 Å². The first-order valence-electron chi connectivity index (χ1n) is 10.8.